The number of ether oxygens (including phenoxy) is 1. The number of carbonyl (C=O) groups is 1. The van der Waals surface area contributed by atoms with Gasteiger partial charge in [0.15, 0.2) is 0 Å². The van der Waals surface area contributed by atoms with E-state index in [2.05, 4.69) is 67.1 Å². The Hall–Kier alpha value is -1.25. The Morgan fingerprint density at radius 3 is 2.26 bits per heavy atom. The summed E-state index contributed by atoms with van der Waals surface area (Å²) < 4.78 is 5.52. The lowest BCUT2D eigenvalue weighted by molar-refractivity contribution is -0.241. The molecule has 3 heteroatoms. The van der Waals surface area contributed by atoms with E-state index in [9.17, 15) is 4.79 Å². The summed E-state index contributed by atoms with van der Waals surface area (Å²) in [7, 11) is 2.07. The Bertz CT molecular complexity index is 1020. The number of carbonyl (C=O) groups excluding carboxylic acids is 1. The maximum Gasteiger partial charge on any atom is 0.302 e. The van der Waals surface area contributed by atoms with Crippen molar-refractivity contribution < 1.29 is 9.53 Å². The van der Waals surface area contributed by atoms with Crippen LogP contribution in [0.4, 0.5) is 0 Å². The minimum atomic E-state index is -0.201. The Balaban J connectivity index is 1.53. The first-order chi connectivity index (χ1) is 18.2. The molecule has 0 aliphatic heterocycles. The highest BCUT2D eigenvalue weighted by molar-refractivity contribution is 5.66. The molecule has 0 aromatic heterocycles. The van der Waals surface area contributed by atoms with Crippen molar-refractivity contribution in [3.05, 3.63) is 24.4 Å². The van der Waals surface area contributed by atoms with Gasteiger partial charge in [0.25, 0.3) is 0 Å². The van der Waals surface area contributed by atoms with Crippen LogP contribution in [0.25, 0.3) is 0 Å². The van der Waals surface area contributed by atoms with Crippen molar-refractivity contribution in [2.45, 2.75) is 119 Å². The Kier molecular flexibility index (Phi) is 7.24. The minimum absolute atomic E-state index is 0.133. The lowest BCUT2D eigenvalue weighted by Crippen LogP contribution is -2.66. The number of rotatable bonds is 6. The molecular formula is C36H59NO2. The van der Waals surface area contributed by atoms with Crippen LogP contribution in [0.2, 0.25) is 0 Å². The summed E-state index contributed by atoms with van der Waals surface area (Å²) in [6, 6.07) is 0. The van der Waals surface area contributed by atoms with Gasteiger partial charge < -0.3 is 10.1 Å². The molecule has 39 heavy (non-hydrogen) atoms. The van der Waals surface area contributed by atoms with Crippen LogP contribution in [0.5, 0.6) is 0 Å². The van der Waals surface area contributed by atoms with Gasteiger partial charge in [0, 0.05) is 25.1 Å². The normalized spacial score (nSPS) is 50.6. The van der Waals surface area contributed by atoms with E-state index in [-0.39, 0.29) is 11.4 Å². The van der Waals surface area contributed by atoms with Gasteiger partial charge in [-0.1, -0.05) is 61.1 Å². The molecular weight excluding hydrogens is 478 g/mol. The van der Waals surface area contributed by atoms with Gasteiger partial charge in [0.05, 0.1) is 0 Å². The second-order valence-electron chi connectivity index (χ2n) is 16.0. The summed E-state index contributed by atoms with van der Waals surface area (Å²) in [6.45, 7) is 26.9. The first-order valence-corrected chi connectivity index (χ1v) is 16.4. The Morgan fingerprint density at radius 1 is 0.897 bits per heavy atom. The minimum Gasteiger partial charge on any atom is -0.461 e. The molecule has 0 heterocycles. The van der Waals surface area contributed by atoms with Gasteiger partial charge in [-0.05, 0) is 127 Å². The molecule has 5 fully saturated rings. The lowest BCUT2D eigenvalue weighted by atomic mass is 9.31. The average Bonchev–Trinajstić information content (AvgIpc) is 3.30. The van der Waals surface area contributed by atoms with Gasteiger partial charge in [-0.25, -0.2) is 0 Å². The molecule has 0 spiro atoms. The molecule has 0 bridgehead atoms. The fourth-order valence-electron chi connectivity index (χ4n) is 12.7. The van der Waals surface area contributed by atoms with Crippen molar-refractivity contribution in [1.29, 1.82) is 0 Å². The van der Waals surface area contributed by atoms with Crippen LogP contribution in [-0.2, 0) is 9.53 Å². The molecule has 0 radical (unpaired) electrons. The topological polar surface area (TPSA) is 38.3 Å². The summed E-state index contributed by atoms with van der Waals surface area (Å²) in [6.07, 6.45) is 14.5. The maximum absolute atomic E-state index is 11.7. The van der Waals surface area contributed by atoms with E-state index in [1.807, 2.05) is 0 Å². The molecule has 5 saturated carbocycles. The lowest BCUT2D eigenvalue weighted by Gasteiger charge is -2.73. The molecule has 0 aromatic rings. The van der Waals surface area contributed by atoms with E-state index >= 15 is 0 Å². The molecule has 220 valence electrons. The van der Waals surface area contributed by atoms with E-state index in [0.29, 0.717) is 46.0 Å². The van der Waals surface area contributed by atoms with Gasteiger partial charge in [0.1, 0.15) is 6.61 Å². The van der Waals surface area contributed by atoms with Crippen molar-refractivity contribution in [2.24, 2.45) is 62.6 Å². The third-order valence-corrected chi connectivity index (χ3v) is 15.4. The van der Waals surface area contributed by atoms with Crippen LogP contribution in [0.1, 0.15) is 119 Å². The predicted molar refractivity (Wildman–Crippen MR) is 162 cm³/mol. The van der Waals surface area contributed by atoms with Gasteiger partial charge in [-0.3, -0.25) is 4.79 Å². The predicted octanol–water partition coefficient (Wildman–Crippen LogP) is 8.95. The quantitative estimate of drug-likeness (QED) is 0.271. The third-order valence-electron chi connectivity index (χ3n) is 15.4. The number of nitrogens with one attached hydrogen (secondary N) is 1. The highest BCUT2D eigenvalue weighted by Crippen LogP contribution is 2.78. The van der Waals surface area contributed by atoms with Crippen LogP contribution in [0, 0.1) is 62.6 Å². The van der Waals surface area contributed by atoms with Crippen molar-refractivity contribution >= 4 is 5.97 Å². The fourth-order valence-corrected chi connectivity index (χ4v) is 12.7. The molecule has 11 atom stereocenters. The molecule has 3 nitrogen and oxygen atoms in total. The molecule has 5 aliphatic carbocycles. The number of esters is 1. The molecule has 0 amide bonds. The van der Waals surface area contributed by atoms with E-state index in [1.165, 1.54) is 76.8 Å². The van der Waals surface area contributed by atoms with E-state index < -0.39 is 0 Å². The number of hydrogen-bond acceptors (Lipinski definition) is 3. The highest BCUT2D eigenvalue weighted by atomic mass is 16.5. The van der Waals surface area contributed by atoms with Crippen molar-refractivity contribution in [2.75, 3.05) is 13.7 Å². The molecule has 1 N–H and O–H groups in total. The standard InChI is InChI=1S/C36H59NO2/c1-11-32(6)24(3)14-17-33(7)29(32)16-18-35(9)30(33)13-12-28-31-27(23(2)22-39-26(5)38)15-19-36(31,25(4)37-10)21-20-34(28,35)8/h24,27-31,37H,2,4,11-22H2,1,3,5-10H3/t24-,27?,28?,29-,30+,31+,32+,33-,34+,35+,36+/m0/s1. The highest BCUT2D eigenvalue weighted by Gasteiger charge is 2.71. The largest absolute Gasteiger partial charge is 0.461 e. The average molecular weight is 538 g/mol. The monoisotopic (exact) mass is 537 g/mol. The van der Waals surface area contributed by atoms with Crippen LogP contribution in [0.3, 0.4) is 0 Å². The molecule has 5 rings (SSSR count). The first kappa shape index (κ1) is 29.2. The van der Waals surface area contributed by atoms with E-state index in [4.69, 9.17) is 4.74 Å². The third kappa shape index (κ3) is 3.82. The van der Waals surface area contributed by atoms with Crippen LogP contribution >= 0.6 is 0 Å². The number of hydrogen-bond donors (Lipinski definition) is 1. The fraction of sp³-hybridized carbons (Fsp3) is 0.861. The zero-order chi connectivity index (χ0) is 28.6. The molecule has 0 saturated heterocycles. The molecule has 5 aliphatic rings. The summed E-state index contributed by atoms with van der Waals surface area (Å²) in [5, 5.41) is 3.53. The SMILES string of the molecule is C=C(COC(C)=O)C1CC[C@]2(C(=C)NC)CC[C@]3(C)C(CC[C@@H]4[C@@]5(C)CC[C@H](C)[C@@](C)(CC)[C@@H]5CC[C@]43C)[C@@H]12. The summed E-state index contributed by atoms with van der Waals surface area (Å²) in [5.41, 5.74) is 4.12. The van der Waals surface area contributed by atoms with Gasteiger partial charge >= 0.3 is 5.97 Å². The zero-order valence-corrected chi connectivity index (χ0v) is 26.7. The van der Waals surface area contributed by atoms with Crippen LogP contribution in [0.15, 0.2) is 24.4 Å². The molecule has 0 aromatic carbocycles. The van der Waals surface area contributed by atoms with Crippen LogP contribution in [-0.4, -0.2) is 19.6 Å². The summed E-state index contributed by atoms with van der Waals surface area (Å²) >= 11 is 0. The van der Waals surface area contributed by atoms with Gasteiger partial charge in [-0.2, -0.15) is 0 Å². The smallest absolute Gasteiger partial charge is 0.302 e. The van der Waals surface area contributed by atoms with E-state index in [0.717, 1.165) is 29.7 Å². The van der Waals surface area contributed by atoms with Crippen LogP contribution < -0.4 is 5.32 Å². The van der Waals surface area contributed by atoms with Crippen molar-refractivity contribution in [1.82, 2.24) is 5.32 Å². The van der Waals surface area contributed by atoms with Crippen molar-refractivity contribution in [3.8, 4) is 0 Å². The summed E-state index contributed by atoms with van der Waals surface area (Å²) in [5.74, 6) is 3.91. The second-order valence-corrected chi connectivity index (χ2v) is 16.0. The first-order valence-electron chi connectivity index (χ1n) is 16.4. The maximum atomic E-state index is 11.7. The van der Waals surface area contributed by atoms with E-state index in [1.54, 1.807) is 0 Å². The number of fused-ring (bicyclic) bond motifs is 7. The summed E-state index contributed by atoms with van der Waals surface area (Å²) in [4.78, 5) is 11.7. The zero-order valence-electron chi connectivity index (χ0n) is 26.7. The Morgan fingerprint density at radius 2 is 1.62 bits per heavy atom. The number of allylic oxidation sites excluding steroid dienone is 1. The second kappa shape index (κ2) is 9.65. The molecule has 2 unspecified atom stereocenters. The van der Waals surface area contributed by atoms with Crippen molar-refractivity contribution in [3.63, 3.8) is 0 Å². The van der Waals surface area contributed by atoms with Gasteiger partial charge in [-0.15, -0.1) is 0 Å². The van der Waals surface area contributed by atoms with Gasteiger partial charge in [0.2, 0.25) is 0 Å². The Labute approximate surface area is 240 Å².